The van der Waals surface area contributed by atoms with E-state index in [1.807, 2.05) is 0 Å². The van der Waals surface area contributed by atoms with Gasteiger partial charge in [-0.1, -0.05) is 0 Å². The van der Waals surface area contributed by atoms with Crippen molar-refractivity contribution in [2.75, 3.05) is 26.3 Å². The molecule has 5 atom stereocenters. The summed E-state index contributed by atoms with van der Waals surface area (Å²) < 4.78 is 16.6. The largest absolute Gasteiger partial charge is 0.387 e. The molecular formula is C14H26N2O6. The lowest BCUT2D eigenvalue weighted by molar-refractivity contribution is -0.292. The number of aliphatic hydroxyl groups is 2. The number of ether oxygens (including phenoxy) is 3. The van der Waals surface area contributed by atoms with Crippen LogP contribution in [0.1, 0.15) is 25.7 Å². The lowest BCUT2D eigenvalue weighted by Gasteiger charge is -2.41. The van der Waals surface area contributed by atoms with Crippen LogP contribution in [0.3, 0.4) is 0 Å². The number of hydrogen-bond donors (Lipinski definition) is 4. The summed E-state index contributed by atoms with van der Waals surface area (Å²) in [6, 6.07) is 0. The molecule has 2 bridgehead atoms. The minimum Gasteiger partial charge on any atom is -0.387 e. The van der Waals surface area contributed by atoms with Crippen LogP contribution < -0.4 is 11.1 Å². The van der Waals surface area contributed by atoms with Crippen LogP contribution >= 0.6 is 0 Å². The number of rotatable bonds is 6. The molecule has 0 radical (unpaired) electrons. The van der Waals surface area contributed by atoms with Crippen molar-refractivity contribution in [3.05, 3.63) is 0 Å². The van der Waals surface area contributed by atoms with Crippen LogP contribution in [0.2, 0.25) is 0 Å². The number of unbranched alkanes of at least 4 members (excludes halogenated alkanes) is 1. The molecule has 8 nitrogen and oxygen atoms in total. The minimum atomic E-state index is -1.15. The van der Waals surface area contributed by atoms with Crippen LogP contribution in [0, 0.1) is 0 Å². The van der Waals surface area contributed by atoms with E-state index in [0.717, 1.165) is 12.8 Å². The SMILES string of the molecule is NCCCCC(=O)NCC1OC2OCCCOC1C(O)C2O. The van der Waals surface area contributed by atoms with Crippen LogP contribution in [0.4, 0.5) is 0 Å². The fraction of sp³-hybridized carbons (Fsp3) is 0.929. The highest BCUT2D eigenvalue weighted by molar-refractivity contribution is 5.75. The third-order valence-corrected chi connectivity index (χ3v) is 3.88. The quantitative estimate of drug-likeness (QED) is 0.439. The van der Waals surface area contributed by atoms with Gasteiger partial charge in [-0.15, -0.1) is 0 Å². The van der Waals surface area contributed by atoms with Crippen LogP contribution in [0.15, 0.2) is 0 Å². The van der Waals surface area contributed by atoms with Crippen LogP contribution in [0.5, 0.6) is 0 Å². The molecule has 0 spiro atoms. The maximum Gasteiger partial charge on any atom is 0.220 e. The number of hydrogen-bond acceptors (Lipinski definition) is 7. The third kappa shape index (κ3) is 4.61. The summed E-state index contributed by atoms with van der Waals surface area (Å²) in [7, 11) is 0. The molecule has 0 aromatic heterocycles. The van der Waals surface area contributed by atoms with Crippen molar-refractivity contribution in [1.29, 1.82) is 0 Å². The second-order valence-electron chi connectivity index (χ2n) is 5.63. The first-order valence-electron chi connectivity index (χ1n) is 7.85. The third-order valence-electron chi connectivity index (χ3n) is 3.88. The predicted molar refractivity (Wildman–Crippen MR) is 76.9 cm³/mol. The molecule has 3 heterocycles. The van der Waals surface area contributed by atoms with Crippen molar-refractivity contribution in [1.82, 2.24) is 5.32 Å². The van der Waals surface area contributed by atoms with E-state index in [0.29, 0.717) is 32.6 Å². The molecule has 3 rings (SSSR count). The summed E-state index contributed by atoms with van der Waals surface area (Å²) >= 11 is 0. The Bertz CT molecular complexity index is 354. The standard InChI is InChI=1S/C14H26N2O6/c15-5-2-1-4-10(17)16-8-9-13-11(18)12(19)14(22-9)21-7-3-6-20-13/h9,11-14,18-19H,1-8,15H2,(H,16,17). The van der Waals surface area contributed by atoms with E-state index in [2.05, 4.69) is 5.32 Å². The normalized spacial score (nSPS) is 35.5. The summed E-state index contributed by atoms with van der Waals surface area (Å²) in [6.45, 7) is 1.57. The van der Waals surface area contributed by atoms with Crippen molar-refractivity contribution in [2.45, 2.75) is 56.4 Å². The number of nitrogens with one attached hydrogen (secondary N) is 1. The number of amides is 1. The number of aliphatic hydroxyl groups excluding tert-OH is 2. The molecule has 3 aliphatic heterocycles. The van der Waals surface area contributed by atoms with Gasteiger partial charge in [0.05, 0.1) is 6.61 Å². The van der Waals surface area contributed by atoms with Gasteiger partial charge in [0.15, 0.2) is 6.29 Å². The van der Waals surface area contributed by atoms with E-state index < -0.39 is 30.7 Å². The van der Waals surface area contributed by atoms with E-state index in [-0.39, 0.29) is 12.5 Å². The van der Waals surface area contributed by atoms with Gasteiger partial charge in [-0.3, -0.25) is 4.79 Å². The fourth-order valence-electron chi connectivity index (χ4n) is 2.62. The smallest absolute Gasteiger partial charge is 0.220 e. The molecule has 22 heavy (non-hydrogen) atoms. The first-order valence-corrected chi connectivity index (χ1v) is 7.85. The molecule has 0 aromatic rings. The Kier molecular flexibility index (Phi) is 7.00. The van der Waals surface area contributed by atoms with Gasteiger partial charge in [-0.25, -0.2) is 0 Å². The molecule has 1 amide bonds. The summed E-state index contributed by atoms with van der Waals surface area (Å²) in [5.41, 5.74) is 5.39. The van der Waals surface area contributed by atoms with Gasteiger partial charge in [0.1, 0.15) is 24.4 Å². The Hall–Kier alpha value is -0.770. The highest BCUT2D eigenvalue weighted by Gasteiger charge is 2.46. The van der Waals surface area contributed by atoms with Gasteiger partial charge >= 0.3 is 0 Å². The van der Waals surface area contributed by atoms with Gasteiger partial charge in [-0.2, -0.15) is 0 Å². The van der Waals surface area contributed by atoms with Gasteiger partial charge in [0.2, 0.25) is 5.91 Å². The molecule has 3 fully saturated rings. The van der Waals surface area contributed by atoms with Gasteiger partial charge in [0, 0.05) is 19.6 Å². The number of carbonyl (C=O) groups is 1. The van der Waals surface area contributed by atoms with E-state index in [1.54, 1.807) is 0 Å². The summed E-state index contributed by atoms with van der Waals surface area (Å²) in [5.74, 6) is -0.0937. The Balaban J connectivity index is 1.87. The first-order chi connectivity index (χ1) is 10.6. The maximum atomic E-state index is 11.7. The summed E-state index contributed by atoms with van der Waals surface area (Å²) in [4.78, 5) is 11.7. The molecule has 3 saturated heterocycles. The van der Waals surface area contributed by atoms with Crippen LogP contribution in [-0.4, -0.2) is 73.1 Å². The molecule has 3 aliphatic rings. The van der Waals surface area contributed by atoms with Crippen molar-refractivity contribution < 1.29 is 29.2 Å². The van der Waals surface area contributed by atoms with Gasteiger partial charge in [-0.05, 0) is 25.8 Å². The zero-order valence-electron chi connectivity index (χ0n) is 12.6. The Labute approximate surface area is 129 Å². The Morgan fingerprint density at radius 1 is 1.18 bits per heavy atom. The summed E-state index contributed by atoms with van der Waals surface area (Å²) in [6.07, 6.45) is -1.78. The minimum absolute atomic E-state index is 0.0937. The van der Waals surface area contributed by atoms with Crippen molar-refractivity contribution >= 4 is 5.91 Å². The van der Waals surface area contributed by atoms with E-state index >= 15 is 0 Å². The summed E-state index contributed by atoms with van der Waals surface area (Å²) in [5, 5.41) is 22.9. The van der Waals surface area contributed by atoms with E-state index in [4.69, 9.17) is 19.9 Å². The zero-order chi connectivity index (χ0) is 15.9. The highest BCUT2D eigenvalue weighted by atomic mass is 16.7. The molecule has 0 aliphatic carbocycles. The first kappa shape index (κ1) is 17.6. The second kappa shape index (κ2) is 8.76. The molecular weight excluding hydrogens is 292 g/mol. The average molecular weight is 318 g/mol. The van der Waals surface area contributed by atoms with Crippen molar-refractivity contribution in [2.24, 2.45) is 5.73 Å². The Morgan fingerprint density at radius 2 is 1.95 bits per heavy atom. The van der Waals surface area contributed by atoms with Crippen LogP contribution in [0.25, 0.3) is 0 Å². The number of carbonyl (C=O) groups excluding carboxylic acids is 1. The molecule has 0 saturated carbocycles. The second-order valence-corrected chi connectivity index (χ2v) is 5.63. The molecule has 5 N–H and O–H groups in total. The molecule has 0 aromatic carbocycles. The highest BCUT2D eigenvalue weighted by Crippen LogP contribution is 2.25. The van der Waals surface area contributed by atoms with E-state index in [9.17, 15) is 15.0 Å². The Morgan fingerprint density at radius 3 is 2.73 bits per heavy atom. The van der Waals surface area contributed by atoms with E-state index in [1.165, 1.54) is 0 Å². The fourth-order valence-corrected chi connectivity index (χ4v) is 2.62. The van der Waals surface area contributed by atoms with Gasteiger partial charge in [0.25, 0.3) is 0 Å². The number of nitrogens with two attached hydrogens (primary N) is 1. The number of fused-ring (bicyclic) bond motifs is 6. The monoisotopic (exact) mass is 318 g/mol. The predicted octanol–water partition coefficient (Wildman–Crippen LogP) is -1.52. The van der Waals surface area contributed by atoms with Crippen molar-refractivity contribution in [3.63, 3.8) is 0 Å². The van der Waals surface area contributed by atoms with Crippen molar-refractivity contribution in [3.8, 4) is 0 Å². The molecule has 8 heteroatoms. The lowest BCUT2D eigenvalue weighted by Crippen LogP contribution is -2.61. The van der Waals surface area contributed by atoms with Crippen LogP contribution in [-0.2, 0) is 19.0 Å². The lowest BCUT2D eigenvalue weighted by atomic mass is 9.98. The average Bonchev–Trinajstić information content (AvgIpc) is 2.64. The molecule has 5 unspecified atom stereocenters. The zero-order valence-corrected chi connectivity index (χ0v) is 12.6. The molecule has 128 valence electrons. The topological polar surface area (TPSA) is 123 Å². The maximum absolute atomic E-state index is 11.7. The van der Waals surface area contributed by atoms with Gasteiger partial charge < -0.3 is 35.5 Å².